The molecule has 1 aromatic carbocycles. The summed E-state index contributed by atoms with van der Waals surface area (Å²) in [6.45, 7) is 1.25. The van der Waals surface area contributed by atoms with Crippen LogP contribution in [0.4, 0.5) is 5.69 Å². The van der Waals surface area contributed by atoms with E-state index in [0.717, 1.165) is 11.3 Å². The first kappa shape index (κ1) is 14.3. The van der Waals surface area contributed by atoms with E-state index in [9.17, 15) is 9.90 Å². The number of aliphatic hydroxyl groups excluding tert-OH is 1. The van der Waals surface area contributed by atoms with Crippen molar-refractivity contribution in [2.75, 3.05) is 5.32 Å². The van der Waals surface area contributed by atoms with Gasteiger partial charge in [-0.1, -0.05) is 29.9 Å². The summed E-state index contributed by atoms with van der Waals surface area (Å²) in [5.74, 6) is 1.91. The number of nitrogens with zero attached hydrogens (tertiary/aromatic N) is 1. The number of thiocarbonyl (C=S) groups is 1. The van der Waals surface area contributed by atoms with Crippen molar-refractivity contribution in [1.29, 1.82) is 5.26 Å². The van der Waals surface area contributed by atoms with Crippen LogP contribution in [0.25, 0.3) is 0 Å². The lowest BCUT2D eigenvalue weighted by Gasteiger charge is -2.18. The molecule has 6 heteroatoms. The maximum absolute atomic E-state index is 12.1. The highest BCUT2D eigenvalue weighted by Gasteiger charge is 2.35. The van der Waals surface area contributed by atoms with E-state index >= 15 is 0 Å². The monoisotopic (exact) mass is 284 g/mol. The Labute approximate surface area is 123 Å². The van der Waals surface area contributed by atoms with Crippen molar-refractivity contribution in [1.82, 2.24) is 0 Å². The molecule has 0 aromatic heterocycles. The quantitative estimate of drug-likeness (QED) is 0.645. The van der Waals surface area contributed by atoms with Crippen molar-refractivity contribution >= 4 is 35.3 Å². The van der Waals surface area contributed by atoms with Crippen LogP contribution in [-0.2, 0) is 4.79 Å². The molecule has 0 atom stereocenters. The number of aliphatic hydroxyl groups is 1. The molecule has 0 bridgehead atoms. The zero-order valence-electron chi connectivity index (χ0n) is 11.0. The number of hydrogen-bond acceptors (Lipinski definition) is 4. The molecule has 2 N–H and O–H groups in total. The molecule has 0 amide bonds. The smallest absolute Gasteiger partial charge is 0.351 e. The Hall–Kier alpha value is -2.13. The van der Waals surface area contributed by atoms with Gasteiger partial charge in [0.1, 0.15) is 16.4 Å². The lowest BCUT2D eigenvalue weighted by atomic mass is 9.41. The minimum Gasteiger partial charge on any atom is -0.512 e. The predicted octanol–water partition coefficient (Wildman–Crippen LogP) is 2.62. The predicted molar refractivity (Wildman–Crippen MR) is 82.9 cm³/mol. The van der Waals surface area contributed by atoms with Crippen LogP contribution in [0.3, 0.4) is 0 Å². The highest BCUT2D eigenvalue weighted by Crippen LogP contribution is 2.22. The third kappa shape index (κ3) is 2.89. The first-order valence-electron chi connectivity index (χ1n) is 6.27. The van der Waals surface area contributed by atoms with Gasteiger partial charge in [0.25, 0.3) is 0 Å². The van der Waals surface area contributed by atoms with Gasteiger partial charge in [-0.25, -0.2) is 5.26 Å². The number of hydrogen-bond donors (Lipinski definition) is 2. The molecular weight excluding hydrogens is 271 g/mol. The van der Waals surface area contributed by atoms with Crippen molar-refractivity contribution in [2.24, 2.45) is 0 Å². The van der Waals surface area contributed by atoms with E-state index in [4.69, 9.17) is 17.5 Å². The van der Waals surface area contributed by atoms with Crippen molar-refractivity contribution in [3.05, 3.63) is 41.2 Å². The fourth-order valence-electron chi connectivity index (χ4n) is 2.05. The lowest BCUT2D eigenvalue weighted by molar-refractivity contribution is -0.109. The molecule has 1 heterocycles. The number of anilines is 1. The van der Waals surface area contributed by atoms with Gasteiger partial charge in [0.15, 0.2) is 0 Å². The van der Waals surface area contributed by atoms with Gasteiger partial charge in [-0.05, 0) is 25.4 Å². The molecule has 1 aliphatic heterocycles. The molecule has 0 unspecified atom stereocenters. The molecule has 0 saturated carbocycles. The first-order valence-corrected chi connectivity index (χ1v) is 6.67. The standard InChI is InChI=1S/C14H13BN2O2S/c1-9-2-4-10(5-3-9)17-14(20)12-11(18)6-7-15(8-16)13(12)19/h2-5,18H,6-7H2,1H3,(H,17,20). The SMILES string of the molecule is Cc1ccc(NC(=S)C2=C(O)CCB(C#N)C2=O)cc1. The minimum absolute atomic E-state index is 0.0360. The highest BCUT2D eigenvalue weighted by molar-refractivity contribution is 7.81. The van der Waals surface area contributed by atoms with Crippen molar-refractivity contribution in [2.45, 2.75) is 19.7 Å². The lowest BCUT2D eigenvalue weighted by Crippen LogP contribution is -2.35. The number of nitriles is 1. The van der Waals surface area contributed by atoms with E-state index in [-0.39, 0.29) is 16.3 Å². The molecule has 4 nitrogen and oxygen atoms in total. The Kier molecular flexibility index (Phi) is 4.21. The Bertz CT molecular complexity index is 632. The average molecular weight is 284 g/mol. The number of carbonyl (C=O) groups is 1. The van der Waals surface area contributed by atoms with Crippen molar-refractivity contribution in [3.8, 4) is 5.97 Å². The van der Waals surface area contributed by atoms with Crippen molar-refractivity contribution in [3.63, 3.8) is 0 Å². The average Bonchev–Trinajstić information content (AvgIpc) is 2.42. The van der Waals surface area contributed by atoms with Crippen LogP contribution in [0.2, 0.25) is 6.32 Å². The summed E-state index contributed by atoms with van der Waals surface area (Å²) < 4.78 is 0. The van der Waals surface area contributed by atoms with Gasteiger partial charge in [-0.3, -0.25) is 0 Å². The zero-order chi connectivity index (χ0) is 14.7. The van der Waals surface area contributed by atoms with E-state index in [2.05, 4.69) is 5.32 Å². The van der Waals surface area contributed by atoms with E-state index in [0.29, 0.717) is 12.7 Å². The first-order chi connectivity index (χ1) is 9.52. The molecule has 0 spiro atoms. The van der Waals surface area contributed by atoms with Crippen LogP contribution < -0.4 is 5.32 Å². The third-order valence-electron chi connectivity index (χ3n) is 3.21. The Balaban J connectivity index is 2.22. The summed E-state index contributed by atoms with van der Waals surface area (Å²) in [4.78, 5) is 12.2. The summed E-state index contributed by atoms with van der Waals surface area (Å²) in [5.41, 5.74) is 1.52. The molecule has 1 aromatic rings. The number of aryl methyl sites for hydroxylation is 1. The summed E-state index contributed by atoms with van der Waals surface area (Å²) >= 11 is 5.18. The largest absolute Gasteiger partial charge is 0.512 e. The number of carbonyl (C=O) groups excluding carboxylic acids is 1. The minimum atomic E-state index is -0.723. The Morgan fingerprint density at radius 3 is 2.70 bits per heavy atom. The van der Waals surface area contributed by atoms with Crippen LogP contribution >= 0.6 is 12.2 Å². The van der Waals surface area contributed by atoms with E-state index in [1.54, 1.807) is 0 Å². The molecule has 2 rings (SSSR count). The Morgan fingerprint density at radius 1 is 1.45 bits per heavy atom. The normalized spacial score (nSPS) is 15.0. The third-order valence-corrected chi connectivity index (χ3v) is 3.52. The fourth-order valence-corrected chi connectivity index (χ4v) is 2.39. The maximum Gasteiger partial charge on any atom is 0.351 e. The van der Waals surface area contributed by atoms with Crippen LogP contribution in [0.5, 0.6) is 0 Å². The van der Waals surface area contributed by atoms with Gasteiger partial charge in [-0.2, -0.15) is 0 Å². The molecule has 1 aliphatic rings. The fraction of sp³-hybridized carbons (Fsp3) is 0.214. The molecule has 100 valence electrons. The zero-order valence-corrected chi connectivity index (χ0v) is 11.8. The van der Waals surface area contributed by atoms with E-state index in [1.807, 2.05) is 37.2 Å². The molecule has 0 saturated heterocycles. The van der Waals surface area contributed by atoms with Gasteiger partial charge < -0.3 is 15.2 Å². The second-order valence-corrected chi connectivity index (χ2v) is 5.13. The summed E-state index contributed by atoms with van der Waals surface area (Å²) in [6, 6.07) is 7.52. The molecule has 0 radical (unpaired) electrons. The van der Waals surface area contributed by atoms with Gasteiger partial charge >= 0.3 is 6.71 Å². The summed E-state index contributed by atoms with van der Waals surface area (Å²) in [6.07, 6.45) is 0.646. The van der Waals surface area contributed by atoms with Crippen molar-refractivity contribution < 1.29 is 9.90 Å². The van der Waals surface area contributed by atoms with Gasteiger partial charge in [0.2, 0.25) is 0 Å². The summed E-state index contributed by atoms with van der Waals surface area (Å²) in [7, 11) is 0. The van der Waals surface area contributed by atoms with Gasteiger partial charge in [0.05, 0.1) is 5.57 Å². The molecule has 20 heavy (non-hydrogen) atoms. The maximum atomic E-state index is 12.1. The Morgan fingerprint density at radius 2 is 2.10 bits per heavy atom. The van der Waals surface area contributed by atoms with E-state index < -0.39 is 12.4 Å². The summed E-state index contributed by atoms with van der Waals surface area (Å²) in [5, 5.41) is 21.7. The number of allylic oxidation sites excluding steroid dienone is 1. The van der Waals surface area contributed by atoms with Gasteiger partial charge in [-0.15, -0.1) is 0 Å². The van der Waals surface area contributed by atoms with Crippen LogP contribution in [0, 0.1) is 18.2 Å². The second kappa shape index (κ2) is 5.89. The van der Waals surface area contributed by atoms with Crippen LogP contribution in [0.1, 0.15) is 12.0 Å². The highest BCUT2D eigenvalue weighted by atomic mass is 32.1. The number of nitrogens with one attached hydrogen (secondary N) is 1. The topological polar surface area (TPSA) is 73.1 Å². The van der Waals surface area contributed by atoms with Gasteiger partial charge in [0, 0.05) is 18.1 Å². The second-order valence-electron chi connectivity index (χ2n) is 4.73. The number of rotatable bonds is 2. The molecular formula is C14H13BN2O2S. The molecule has 0 aliphatic carbocycles. The van der Waals surface area contributed by atoms with Crippen LogP contribution in [-0.4, -0.2) is 22.5 Å². The molecule has 0 fully saturated rings. The van der Waals surface area contributed by atoms with Crippen LogP contribution in [0.15, 0.2) is 35.6 Å². The van der Waals surface area contributed by atoms with E-state index in [1.165, 1.54) is 0 Å². The number of benzene rings is 1.